The number of hydrogen-bond donors (Lipinski definition) is 2. The number of pyridine rings is 1. The van der Waals surface area contributed by atoms with Crippen molar-refractivity contribution in [2.75, 3.05) is 0 Å². The second-order valence-corrected chi connectivity index (χ2v) is 6.05. The van der Waals surface area contributed by atoms with E-state index in [1.165, 1.54) is 0 Å². The van der Waals surface area contributed by atoms with Crippen LogP contribution in [0, 0.1) is 5.92 Å². The molecule has 7 nitrogen and oxygen atoms in total. The molecule has 24 heavy (non-hydrogen) atoms. The van der Waals surface area contributed by atoms with Crippen LogP contribution in [-0.4, -0.2) is 29.8 Å². The summed E-state index contributed by atoms with van der Waals surface area (Å²) < 4.78 is 1.91. The van der Waals surface area contributed by atoms with Gasteiger partial charge in [-0.3, -0.25) is 14.5 Å². The molecule has 3 rings (SSSR count). The fourth-order valence-electron chi connectivity index (χ4n) is 2.28. The van der Waals surface area contributed by atoms with Crippen molar-refractivity contribution in [2.24, 2.45) is 5.92 Å². The molecule has 0 aliphatic heterocycles. The van der Waals surface area contributed by atoms with Crippen LogP contribution in [0.25, 0.3) is 22.6 Å². The molecule has 0 aliphatic carbocycles. The van der Waals surface area contributed by atoms with Crippen molar-refractivity contribution >= 4 is 0 Å². The normalized spacial score (nSPS) is 11.1. The number of hydrogen-bond acceptors (Lipinski definition) is 5. The Morgan fingerprint density at radius 1 is 1.25 bits per heavy atom. The SMILES string of the molecule is CC(C)CCn1cc(-c2cc(-c3ncc(O)c(=O)[nH]3)ccn2)cn1. The minimum Gasteiger partial charge on any atom is -0.502 e. The first-order valence-corrected chi connectivity index (χ1v) is 7.80. The first-order chi connectivity index (χ1) is 11.5. The molecule has 0 saturated carbocycles. The Morgan fingerprint density at radius 3 is 2.83 bits per heavy atom. The van der Waals surface area contributed by atoms with Gasteiger partial charge < -0.3 is 10.1 Å². The molecule has 3 heterocycles. The maximum absolute atomic E-state index is 11.5. The van der Waals surface area contributed by atoms with Gasteiger partial charge in [0, 0.05) is 30.1 Å². The van der Waals surface area contributed by atoms with Crippen molar-refractivity contribution in [1.29, 1.82) is 0 Å². The zero-order chi connectivity index (χ0) is 17.1. The fraction of sp³-hybridized carbons (Fsp3) is 0.294. The Bertz CT molecular complexity index is 898. The van der Waals surface area contributed by atoms with Crippen LogP contribution >= 0.6 is 0 Å². The zero-order valence-corrected chi connectivity index (χ0v) is 13.6. The number of nitrogens with zero attached hydrogens (tertiary/aromatic N) is 4. The minimum absolute atomic E-state index is 0.383. The van der Waals surface area contributed by atoms with Gasteiger partial charge in [0.15, 0.2) is 5.75 Å². The average Bonchev–Trinajstić information content (AvgIpc) is 3.05. The highest BCUT2D eigenvalue weighted by Gasteiger charge is 2.08. The topological polar surface area (TPSA) is 96.7 Å². The fourth-order valence-corrected chi connectivity index (χ4v) is 2.28. The van der Waals surface area contributed by atoms with E-state index in [2.05, 4.69) is 33.9 Å². The number of H-pyrrole nitrogens is 1. The van der Waals surface area contributed by atoms with Crippen LogP contribution < -0.4 is 5.56 Å². The second kappa shape index (κ2) is 6.66. The molecule has 0 fully saturated rings. The Balaban J connectivity index is 1.87. The molecule has 0 unspecified atom stereocenters. The van der Waals surface area contributed by atoms with E-state index in [9.17, 15) is 9.90 Å². The van der Waals surface area contributed by atoms with Gasteiger partial charge in [0.1, 0.15) is 5.82 Å². The zero-order valence-electron chi connectivity index (χ0n) is 13.6. The van der Waals surface area contributed by atoms with Crippen molar-refractivity contribution in [1.82, 2.24) is 24.7 Å². The lowest BCUT2D eigenvalue weighted by Crippen LogP contribution is -2.07. The van der Waals surface area contributed by atoms with Gasteiger partial charge in [-0.2, -0.15) is 5.10 Å². The highest BCUT2D eigenvalue weighted by atomic mass is 16.3. The van der Waals surface area contributed by atoms with Crippen LogP contribution in [-0.2, 0) is 6.54 Å². The monoisotopic (exact) mass is 325 g/mol. The third kappa shape index (κ3) is 3.51. The summed E-state index contributed by atoms with van der Waals surface area (Å²) in [6, 6.07) is 3.58. The van der Waals surface area contributed by atoms with Crippen molar-refractivity contribution < 1.29 is 5.11 Å². The molecule has 0 spiro atoms. The number of aryl methyl sites for hydroxylation is 1. The van der Waals surface area contributed by atoms with Crippen LogP contribution in [0.15, 0.2) is 41.7 Å². The Hall–Kier alpha value is -2.96. The van der Waals surface area contributed by atoms with E-state index < -0.39 is 11.3 Å². The Morgan fingerprint density at radius 2 is 2.08 bits per heavy atom. The number of rotatable bonds is 5. The molecular weight excluding hydrogens is 306 g/mol. The molecule has 3 aromatic heterocycles. The van der Waals surface area contributed by atoms with E-state index in [1.807, 2.05) is 16.9 Å². The summed E-state index contributed by atoms with van der Waals surface area (Å²) in [6.45, 7) is 5.23. The van der Waals surface area contributed by atoms with E-state index in [-0.39, 0.29) is 0 Å². The number of nitrogens with one attached hydrogen (secondary N) is 1. The minimum atomic E-state index is -0.570. The highest BCUT2D eigenvalue weighted by Crippen LogP contribution is 2.22. The molecule has 0 aromatic carbocycles. The van der Waals surface area contributed by atoms with Gasteiger partial charge in [-0.05, 0) is 24.5 Å². The molecule has 0 aliphatic rings. The summed E-state index contributed by atoms with van der Waals surface area (Å²) in [5, 5.41) is 13.6. The van der Waals surface area contributed by atoms with Crippen molar-refractivity contribution in [2.45, 2.75) is 26.8 Å². The van der Waals surface area contributed by atoms with Gasteiger partial charge in [-0.1, -0.05) is 13.8 Å². The second-order valence-electron chi connectivity index (χ2n) is 6.05. The maximum atomic E-state index is 11.5. The molecule has 2 N–H and O–H groups in total. The van der Waals surface area contributed by atoms with Gasteiger partial charge >= 0.3 is 0 Å². The van der Waals surface area contributed by atoms with Crippen LogP contribution in [0.4, 0.5) is 0 Å². The molecule has 124 valence electrons. The number of aromatic hydroxyl groups is 1. The van der Waals surface area contributed by atoms with Crippen molar-refractivity contribution in [3.05, 3.63) is 47.3 Å². The standard InChI is InChI=1S/C17H19N5O2/c1-11(2)4-6-22-10-13(8-20-22)14-7-12(3-5-18-14)16-19-9-15(23)17(24)21-16/h3,5,7-11,23H,4,6H2,1-2H3,(H,19,21,24). The summed E-state index contributed by atoms with van der Waals surface area (Å²) in [6.07, 6.45) is 7.59. The molecular formula is C17H19N5O2. The molecule has 0 amide bonds. The number of aromatic nitrogens is 5. The Kier molecular flexibility index (Phi) is 4.41. The summed E-state index contributed by atoms with van der Waals surface area (Å²) in [5.41, 5.74) is 1.80. The number of aromatic amines is 1. The van der Waals surface area contributed by atoms with Crippen LogP contribution in [0.2, 0.25) is 0 Å². The molecule has 0 radical (unpaired) electrons. The van der Waals surface area contributed by atoms with Gasteiger partial charge in [0.05, 0.1) is 18.1 Å². The molecule has 3 aromatic rings. The summed E-state index contributed by atoms with van der Waals surface area (Å²) in [7, 11) is 0. The third-order valence-corrected chi connectivity index (χ3v) is 3.68. The summed E-state index contributed by atoms with van der Waals surface area (Å²) in [4.78, 5) is 22.5. The maximum Gasteiger partial charge on any atom is 0.293 e. The molecule has 0 atom stereocenters. The Labute approximate surface area is 139 Å². The van der Waals surface area contributed by atoms with Crippen LogP contribution in [0.3, 0.4) is 0 Å². The smallest absolute Gasteiger partial charge is 0.293 e. The van der Waals surface area contributed by atoms with E-state index >= 15 is 0 Å². The first-order valence-electron chi connectivity index (χ1n) is 7.80. The largest absolute Gasteiger partial charge is 0.502 e. The average molecular weight is 325 g/mol. The highest BCUT2D eigenvalue weighted by molar-refractivity contribution is 5.65. The molecule has 7 heteroatoms. The predicted octanol–water partition coefficient (Wildman–Crippen LogP) is 2.45. The van der Waals surface area contributed by atoms with E-state index in [1.54, 1.807) is 18.5 Å². The summed E-state index contributed by atoms with van der Waals surface area (Å²) >= 11 is 0. The third-order valence-electron chi connectivity index (χ3n) is 3.68. The van der Waals surface area contributed by atoms with Gasteiger partial charge in [-0.25, -0.2) is 4.98 Å². The van der Waals surface area contributed by atoms with E-state index in [0.29, 0.717) is 17.3 Å². The van der Waals surface area contributed by atoms with Crippen LogP contribution in [0.1, 0.15) is 20.3 Å². The lowest BCUT2D eigenvalue weighted by atomic mass is 10.1. The lowest BCUT2D eigenvalue weighted by Gasteiger charge is -2.04. The quantitative estimate of drug-likeness (QED) is 0.751. The molecule has 0 bridgehead atoms. The van der Waals surface area contributed by atoms with E-state index in [0.717, 1.165) is 30.4 Å². The van der Waals surface area contributed by atoms with Crippen molar-refractivity contribution in [3.8, 4) is 28.4 Å². The lowest BCUT2D eigenvalue weighted by molar-refractivity contribution is 0.463. The first kappa shape index (κ1) is 15.9. The predicted molar refractivity (Wildman–Crippen MR) is 90.4 cm³/mol. The van der Waals surface area contributed by atoms with Crippen molar-refractivity contribution in [3.63, 3.8) is 0 Å². The van der Waals surface area contributed by atoms with Crippen LogP contribution in [0.5, 0.6) is 5.75 Å². The van der Waals surface area contributed by atoms with Gasteiger partial charge in [0.2, 0.25) is 0 Å². The molecule has 0 saturated heterocycles. The van der Waals surface area contributed by atoms with Gasteiger partial charge in [0.25, 0.3) is 5.56 Å². The van der Waals surface area contributed by atoms with E-state index in [4.69, 9.17) is 0 Å². The van der Waals surface area contributed by atoms with Gasteiger partial charge in [-0.15, -0.1) is 0 Å². The summed E-state index contributed by atoms with van der Waals surface area (Å²) in [5.74, 6) is 0.601.